The Morgan fingerprint density at radius 2 is 1.90 bits per heavy atom. The van der Waals surface area contributed by atoms with Crippen LogP contribution in [0.3, 0.4) is 0 Å². The lowest BCUT2D eigenvalue weighted by Gasteiger charge is -2.26. The summed E-state index contributed by atoms with van der Waals surface area (Å²) in [4.78, 5) is 13.2. The van der Waals surface area contributed by atoms with Crippen LogP contribution in [-0.4, -0.2) is 29.1 Å². The fraction of sp³-hybridized carbons (Fsp3) is 0.471. The van der Waals surface area contributed by atoms with E-state index in [1.165, 1.54) is 11.1 Å². The SMILES string of the molecule is CC(C)(C)c1ccc(CN2CCC=C(C(=O)O)C2)cc1. The van der Waals surface area contributed by atoms with Crippen molar-refractivity contribution in [1.82, 2.24) is 4.90 Å². The van der Waals surface area contributed by atoms with Gasteiger partial charge in [-0.05, 0) is 23.0 Å². The van der Waals surface area contributed by atoms with Gasteiger partial charge in [0.05, 0.1) is 0 Å². The fourth-order valence-corrected chi connectivity index (χ4v) is 2.46. The Bertz CT molecular complexity index is 509. The predicted octanol–water partition coefficient (Wildman–Crippen LogP) is 3.20. The van der Waals surface area contributed by atoms with Crippen LogP contribution in [-0.2, 0) is 16.8 Å². The summed E-state index contributed by atoms with van der Waals surface area (Å²) in [6.07, 6.45) is 2.66. The molecule has 0 saturated heterocycles. The van der Waals surface area contributed by atoms with Crippen LogP contribution in [0.15, 0.2) is 35.9 Å². The second-order valence-electron chi connectivity index (χ2n) is 6.48. The van der Waals surface area contributed by atoms with Crippen LogP contribution in [0, 0.1) is 0 Å². The normalized spacial score (nSPS) is 16.9. The Kier molecular flexibility index (Phi) is 4.29. The fourth-order valence-electron chi connectivity index (χ4n) is 2.46. The standard InChI is InChI=1S/C17H23NO2/c1-17(2,3)15-8-6-13(7-9-15)11-18-10-4-5-14(12-18)16(19)20/h5-9H,4,10-12H2,1-3H3,(H,19,20). The van der Waals surface area contributed by atoms with Gasteiger partial charge in [-0.1, -0.05) is 51.1 Å². The molecule has 0 atom stereocenters. The summed E-state index contributed by atoms with van der Waals surface area (Å²) in [6, 6.07) is 8.65. The van der Waals surface area contributed by atoms with E-state index in [2.05, 4.69) is 49.9 Å². The maximum atomic E-state index is 11.0. The molecular weight excluding hydrogens is 250 g/mol. The minimum atomic E-state index is -0.794. The van der Waals surface area contributed by atoms with Crippen molar-refractivity contribution in [3.63, 3.8) is 0 Å². The summed E-state index contributed by atoms with van der Waals surface area (Å²) < 4.78 is 0. The third-order valence-electron chi connectivity index (χ3n) is 3.73. The molecule has 0 spiro atoms. The molecular formula is C17H23NO2. The second kappa shape index (κ2) is 5.80. The molecule has 0 radical (unpaired) electrons. The number of carboxylic acids is 1. The zero-order valence-electron chi connectivity index (χ0n) is 12.5. The monoisotopic (exact) mass is 273 g/mol. The van der Waals surface area contributed by atoms with E-state index in [0.29, 0.717) is 12.1 Å². The molecule has 0 bridgehead atoms. The molecule has 1 aliphatic rings. The van der Waals surface area contributed by atoms with Gasteiger partial charge in [-0.15, -0.1) is 0 Å². The summed E-state index contributed by atoms with van der Waals surface area (Å²) in [5.74, 6) is -0.794. The van der Waals surface area contributed by atoms with Crippen LogP contribution in [0.25, 0.3) is 0 Å². The van der Waals surface area contributed by atoms with Gasteiger partial charge in [0.15, 0.2) is 0 Å². The van der Waals surface area contributed by atoms with E-state index < -0.39 is 5.97 Å². The zero-order valence-corrected chi connectivity index (χ0v) is 12.5. The van der Waals surface area contributed by atoms with Crippen molar-refractivity contribution >= 4 is 5.97 Å². The molecule has 0 saturated carbocycles. The van der Waals surface area contributed by atoms with Crippen molar-refractivity contribution in [2.24, 2.45) is 0 Å². The number of hydrogen-bond acceptors (Lipinski definition) is 2. The van der Waals surface area contributed by atoms with Crippen LogP contribution in [0.1, 0.15) is 38.3 Å². The van der Waals surface area contributed by atoms with E-state index in [-0.39, 0.29) is 5.41 Å². The molecule has 2 rings (SSSR count). The minimum Gasteiger partial charge on any atom is -0.478 e. The van der Waals surface area contributed by atoms with Gasteiger partial charge in [0.25, 0.3) is 0 Å². The van der Waals surface area contributed by atoms with Crippen LogP contribution in [0.2, 0.25) is 0 Å². The van der Waals surface area contributed by atoms with Gasteiger partial charge in [0.1, 0.15) is 0 Å². The first-order valence-electron chi connectivity index (χ1n) is 7.10. The number of carbonyl (C=O) groups is 1. The van der Waals surface area contributed by atoms with Crippen LogP contribution < -0.4 is 0 Å². The Hall–Kier alpha value is -1.61. The van der Waals surface area contributed by atoms with Gasteiger partial charge in [-0.3, -0.25) is 4.90 Å². The molecule has 1 heterocycles. The highest BCUT2D eigenvalue weighted by atomic mass is 16.4. The molecule has 0 fully saturated rings. The molecule has 1 aromatic carbocycles. The van der Waals surface area contributed by atoms with E-state index in [9.17, 15) is 4.79 Å². The molecule has 1 aromatic rings. The first-order valence-corrected chi connectivity index (χ1v) is 7.10. The molecule has 0 aliphatic carbocycles. The third kappa shape index (κ3) is 3.70. The number of aliphatic carboxylic acids is 1. The number of nitrogens with zero attached hydrogens (tertiary/aromatic N) is 1. The first-order chi connectivity index (χ1) is 9.36. The smallest absolute Gasteiger partial charge is 0.332 e. The van der Waals surface area contributed by atoms with Crippen molar-refractivity contribution in [1.29, 1.82) is 0 Å². The van der Waals surface area contributed by atoms with E-state index in [4.69, 9.17) is 5.11 Å². The third-order valence-corrected chi connectivity index (χ3v) is 3.73. The van der Waals surface area contributed by atoms with Gasteiger partial charge >= 0.3 is 5.97 Å². The lowest BCUT2D eigenvalue weighted by molar-refractivity contribution is -0.133. The maximum absolute atomic E-state index is 11.0. The highest BCUT2D eigenvalue weighted by molar-refractivity contribution is 5.87. The van der Waals surface area contributed by atoms with Gasteiger partial charge in [-0.2, -0.15) is 0 Å². The number of benzene rings is 1. The number of rotatable bonds is 3. The Labute approximate surface area is 120 Å². The summed E-state index contributed by atoms with van der Waals surface area (Å²) in [7, 11) is 0. The highest BCUT2D eigenvalue weighted by Gasteiger charge is 2.18. The van der Waals surface area contributed by atoms with Crippen LogP contribution in [0.5, 0.6) is 0 Å². The quantitative estimate of drug-likeness (QED) is 0.919. The number of carboxylic acid groups (broad SMARTS) is 1. The summed E-state index contributed by atoms with van der Waals surface area (Å²) in [5.41, 5.74) is 3.25. The Morgan fingerprint density at radius 3 is 2.45 bits per heavy atom. The Morgan fingerprint density at radius 1 is 1.25 bits per heavy atom. The van der Waals surface area contributed by atoms with E-state index in [1.807, 2.05) is 6.08 Å². The van der Waals surface area contributed by atoms with Crippen molar-refractivity contribution in [2.45, 2.75) is 39.2 Å². The van der Waals surface area contributed by atoms with Crippen molar-refractivity contribution in [3.05, 3.63) is 47.0 Å². The maximum Gasteiger partial charge on any atom is 0.332 e. The molecule has 0 amide bonds. The van der Waals surface area contributed by atoms with Gasteiger partial charge in [0.2, 0.25) is 0 Å². The van der Waals surface area contributed by atoms with Gasteiger partial charge in [-0.25, -0.2) is 4.79 Å². The largest absolute Gasteiger partial charge is 0.478 e. The highest BCUT2D eigenvalue weighted by Crippen LogP contribution is 2.23. The average molecular weight is 273 g/mol. The van der Waals surface area contributed by atoms with Crippen molar-refractivity contribution < 1.29 is 9.90 Å². The molecule has 20 heavy (non-hydrogen) atoms. The molecule has 108 valence electrons. The summed E-state index contributed by atoms with van der Waals surface area (Å²) in [6.45, 7) is 8.90. The summed E-state index contributed by atoms with van der Waals surface area (Å²) >= 11 is 0. The van der Waals surface area contributed by atoms with Gasteiger partial charge < -0.3 is 5.11 Å². The van der Waals surface area contributed by atoms with E-state index in [0.717, 1.165) is 19.5 Å². The van der Waals surface area contributed by atoms with Gasteiger partial charge in [0, 0.05) is 25.2 Å². The molecule has 1 N–H and O–H groups in total. The average Bonchev–Trinajstić information content (AvgIpc) is 2.38. The topological polar surface area (TPSA) is 40.5 Å². The first kappa shape index (κ1) is 14.8. The predicted molar refractivity (Wildman–Crippen MR) is 80.8 cm³/mol. The molecule has 1 aliphatic heterocycles. The van der Waals surface area contributed by atoms with Crippen LogP contribution >= 0.6 is 0 Å². The molecule has 3 heteroatoms. The van der Waals surface area contributed by atoms with E-state index in [1.54, 1.807) is 0 Å². The summed E-state index contributed by atoms with van der Waals surface area (Å²) in [5, 5.41) is 9.05. The lowest BCUT2D eigenvalue weighted by Crippen LogP contribution is -2.31. The molecule has 0 unspecified atom stereocenters. The second-order valence-corrected chi connectivity index (χ2v) is 6.48. The zero-order chi connectivity index (χ0) is 14.8. The molecule has 3 nitrogen and oxygen atoms in total. The lowest BCUT2D eigenvalue weighted by atomic mass is 9.87. The van der Waals surface area contributed by atoms with E-state index >= 15 is 0 Å². The minimum absolute atomic E-state index is 0.170. The van der Waals surface area contributed by atoms with Crippen molar-refractivity contribution in [3.8, 4) is 0 Å². The Balaban J connectivity index is 2.01. The molecule has 0 aromatic heterocycles. The van der Waals surface area contributed by atoms with Crippen LogP contribution in [0.4, 0.5) is 0 Å². The number of hydrogen-bond donors (Lipinski definition) is 1. The van der Waals surface area contributed by atoms with Crippen molar-refractivity contribution in [2.75, 3.05) is 13.1 Å².